The molecule has 8 atom stereocenters. The van der Waals surface area contributed by atoms with Crippen molar-refractivity contribution in [1.29, 1.82) is 0 Å². The van der Waals surface area contributed by atoms with Crippen molar-refractivity contribution in [1.82, 2.24) is 0 Å². The number of fused-ring (bicyclic) bond motifs is 3. The van der Waals surface area contributed by atoms with E-state index in [9.17, 15) is 0 Å². The second kappa shape index (κ2) is 11.5. The molecule has 3 aliphatic carbocycles. The summed E-state index contributed by atoms with van der Waals surface area (Å²) >= 11 is 6.33. The van der Waals surface area contributed by atoms with Gasteiger partial charge in [0.05, 0.1) is 8.07 Å². The molecule has 2 aromatic heterocycles. The minimum atomic E-state index is -1.74. The smallest absolute Gasteiger partial charge is 0.0558 e. The molecule has 1 aliphatic heterocycles. The largest absolute Gasteiger partial charge is 0.145 e. The van der Waals surface area contributed by atoms with Gasteiger partial charge in [-0.15, -0.1) is 34.4 Å². The molecule has 4 heteroatoms. The Kier molecular flexibility index (Phi) is 7.79. The highest BCUT2D eigenvalue weighted by atomic mass is 32.2. The highest BCUT2D eigenvalue weighted by Gasteiger charge is 2.60. The van der Waals surface area contributed by atoms with Gasteiger partial charge in [-0.1, -0.05) is 93.7 Å². The van der Waals surface area contributed by atoms with Crippen molar-refractivity contribution in [2.75, 3.05) is 0 Å². The zero-order chi connectivity index (χ0) is 32.1. The molecular formula is C42H48S3Si. The first-order valence-electron chi connectivity index (χ1n) is 17.5. The summed E-state index contributed by atoms with van der Waals surface area (Å²) in [6, 6.07) is 20.5. The topological polar surface area (TPSA) is 0 Å². The molecule has 0 nitrogen and oxygen atoms in total. The summed E-state index contributed by atoms with van der Waals surface area (Å²) in [4.78, 5) is 6.13. The highest BCUT2D eigenvalue weighted by molar-refractivity contribution is 8.09. The van der Waals surface area contributed by atoms with E-state index < -0.39 is 8.07 Å². The summed E-state index contributed by atoms with van der Waals surface area (Å²) < 4.78 is 1.44. The third kappa shape index (κ3) is 4.64. The van der Waals surface area contributed by atoms with Gasteiger partial charge in [0.2, 0.25) is 0 Å². The number of rotatable bonds is 5. The van der Waals surface area contributed by atoms with Crippen LogP contribution in [0.1, 0.15) is 63.6 Å². The zero-order valence-electron chi connectivity index (χ0n) is 28.7. The van der Waals surface area contributed by atoms with Crippen LogP contribution in [-0.2, 0) is 0 Å². The highest BCUT2D eigenvalue weighted by Crippen LogP contribution is 2.69. The maximum absolute atomic E-state index is 2.82. The predicted molar refractivity (Wildman–Crippen MR) is 210 cm³/mol. The van der Waals surface area contributed by atoms with Crippen LogP contribution in [-0.4, -0.2) is 13.3 Å². The lowest BCUT2D eigenvalue weighted by Crippen LogP contribution is -2.46. The maximum Gasteiger partial charge on any atom is 0.0558 e. The number of hydrogen-bond acceptors (Lipinski definition) is 3. The molecule has 2 aromatic carbocycles. The predicted octanol–water partition coefficient (Wildman–Crippen LogP) is 13.2. The second-order valence-electron chi connectivity index (χ2n) is 15.5. The third-order valence-corrected chi connectivity index (χ3v) is 22.0. The van der Waals surface area contributed by atoms with Gasteiger partial charge in [-0.3, -0.25) is 0 Å². The molecule has 0 spiro atoms. The monoisotopic (exact) mass is 676 g/mol. The Bertz CT molecular complexity index is 1920. The lowest BCUT2D eigenvalue weighted by molar-refractivity contribution is 0.518. The van der Waals surface area contributed by atoms with Gasteiger partial charge in [0.1, 0.15) is 0 Å². The van der Waals surface area contributed by atoms with Gasteiger partial charge in [-0.2, -0.15) is 0 Å². The number of benzene rings is 2. The van der Waals surface area contributed by atoms with Gasteiger partial charge in [0, 0.05) is 46.0 Å². The molecule has 8 rings (SSSR count). The van der Waals surface area contributed by atoms with E-state index >= 15 is 0 Å². The molecule has 2 saturated carbocycles. The fourth-order valence-electron chi connectivity index (χ4n) is 11.1. The van der Waals surface area contributed by atoms with Gasteiger partial charge < -0.3 is 0 Å². The number of allylic oxidation sites excluding steroid dienone is 5. The first kappa shape index (κ1) is 31.2. The molecule has 238 valence electrons. The summed E-state index contributed by atoms with van der Waals surface area (Å²) in [5.41, 5.74) is 11.0. The summed E-state index contributed by atoms with van der Waals surface area (Å²) in [5.74, 6) is 3.50. The Hall–Kier alpha value is -2.11. The Morgan fingerprint density at radius 3 is 2.13 bits per heavy atom. The van der Waals surface area contributed by atoms with Crippen LogP contribution in [0.25, 0.3) is 26.1 Å². The summed E-state index contributed by atoms with van der Waals surface area (Å²) in [7, 11) is -1.74. The molecule has 46 heavy (non-hydrogen) atoms. The fraction of sp³-hybridized carbons (Fsp3) is 0.429. The number of thiophene rings is 2. The summed E-state index contributed by atoms with van der Waals surface area (Å²) in [6.45, 7) is 20.4. The minimum absolute atomic E-state index is 0.636. The average Bonchev–Trinajstić information content (AvgIpc) is 3.79. The molecular weight excluding hydrogens is 629 g/mol. The molecule has 0 radical (unpaired) electrons. The van der Waals surface area contributed by atoms with E-state index in [1.807, 2.05) is 22.7 Å². The Morgan fingerprint density at radius 1 is 0.717 bits per heavy atom. The van der Waals surface area contributed by atoms with Gasteiger partial charge in [-0.25, -0.2) is 0 Å². The van der Waals surface area contributed by atoms with E-state index in [-0.39, 0.29) is 0 Å². The lowest BCUT2D eigenvalue weighted by atomic mass is 9.81. The second-order valence-corrected chi connectivity index (χ2v) is 24.4. The van der Waals surface area contributed by atoms with Crippen molar-refractivity contribution in [2.45, 2.75) is 83.8 Å². The quantitative estimate of drug-likeness (QED) is 0.190. The molecule has 4 aliphatic rings. The molecule has 2 fully saturated rings. The molecule has 4 aromatic rings. The standard InChI is InChI=1S/C42H48S3Si/c1-23-21-33-30(29-15-10-9-11-16-29)18-14-19-31(33)41(23)46(7,8)42-24(2)22-34-38(37-28(6)44-35-20-13-12-17-32(35)37)40(45-39(34)42)36-25(3)26(4)43-27(36)5/h9-20,23-24,31,33-34,39,41-42H,21-22H2,1-8H3. The molecule has 3 heterocycles. The first-order chi connectivity index (χ1) is 22.1. The molecule has 0 amide bonds. The number of aryl methyl sites for hydroxylation is 3. The number of thioether (sulfide) groups is 1. The van der Waals surface area contributed by atoms with Crippen LogP contribution >= 0.6 is 34.4 Å². The Labute approximate surface area is 290 Å². The van der Waals surface area contributed by atoms with Crippen LogP contribution in [0.2, 0.25) is 24.2 Å². The Balaban J connectivity index is 1.21. The van der Waals surface area contributed by atoms with E-state index in [0.29, 0.717) is 23.0 Å². The van der Waals surface area contributed by atoms with Gasteiger partial charge in [0.15, 0.2) is 0 Å². The lowest BCUT2D eigenvalue weighted by Gasteiger charge is -2.45. The van der Waals surface area contributed by atoms with E-state index in [1.165, 1.54) is 48.7 Å². The van der Waals surface area contributed by atoms with Crippen molar-refractivity contribution >= 4 is 68.6 Å². The van der Waals surface area contributed by atoms with Crippen molar-refractivity contribution in [2.24, 2.45) is 29.6 Å². The van der Waals surface area contributed by atoms with Crippen molar-refractivity contribution in [3.8, 4) is 0 Å². The molecule has 0 saturated heterocycles. The minimum Gasteiger partial charge on any atom is -0.145 e. The fourth-order valence-corrected chi connectivity index (χ4v) is 22.5. The molecule has 0 N–H and O–H groups in total. The van der Waals surface area contributed by atoms with E-state index in [0.717, 1.165) is 22.9 Å². The number of hydrogen-bond donors (Lipinski definition) is 0. The summed E-state index contributed by atoms with van der Waals surface area (Å²) in [6.07, 6.45) is 10.2. The molecule has 8 unspecified atom stereocenters. The van der Waals surface area contributed by atoms with E-state index in [2.05, 4.69) is 139 Å². The van der Waals surface area contributed by atoms with E-state index in [1.54, 1.807) is 27.2 Å². The van der Waals surface area contributed by atoms with Crippen LogP contribution < -0.4 is 0 Å². The zero-order valence-corrected chi connectivity index (χ0v) is 32.1. The van der Waals surface area contributed by atoms with Crippen LogP contribution in [0, 0.1) is 57.3 Å². The van der Waals surface area contributed by atoms with Gasteiger partial charge in [-0.05, 0) is 110 Å². The van der Waals surface area contributed by atoms with Gasteiger partial charge in [0.25, 0.3) is 0 Å². The van der Waals surface area contributed by atoms with Crippen LogP contribution in [0.15, 0.2) is 72.8 Å². The van der Waals surface area contributed by atoms with Crippen LogP contribution in [0.5, 0.6) is 0 Å². The summed E-state index contributed by atoms with van der Waals surface area (Å²) in [5, 5.41) is 2.16. The van der Waals surface area contributed by atoms with Crippen molar-refractivity contribution in [3.63, 3.8) is 0 Å². The third-order valence-electron chi connectivity index (χ3n) is 12.6. The van der Waals surface area contributed by atoms with Crippen LogP contribution in [0.3, 0.4) is 0 Å². The maximum atomic E-state index is 2.82. The first-order valence-corrected chi connectivity index (χ1v) is 23.1. The van der Waals surface area contributed by atoms with Crippen molar-refractivity contribution < 1.29 is 0 Å². The Morgan fingerprint density at radius 2 is 1.39 bits per heavy atom. The van der Waals surface area contributed by atoms with Crippen molar-refractivity contribution in [3.05, 3.63) is 110 Å². The normalized spacial score (nSPS) is 30.7. The average molecular weight is 677 g/mol. The molecule has 0 bridgehead atoms. The SMILES string of the molecule is Cc1sc(C)c(C2=C(c3c(C)sc4ccccc34)C3CC(C)C([Si](C)(C)C4C(C)CC5C(c6ccccc6)=CC=CC54)C3S2)c1C. The van der Waals surface area contributed by atoms with Gasteiger partial charge >= 0.3 is 0 Å². The van der Waals surface area contributed by atoms with E-state index in [4.69, 9.17) is 0 Å². The van der Waals surface area contributed by atoms with Crippen LogP contribution in [0.4, 0.5) is 0 Å².